The lowest BCUT2D eigenvalue weighted by molar-refractivity contribution is 0.836. The fourth-order valence-corrected chi connectivity index (χ4v) is 1.02. The number of thiol groups is 1. The first kappa shape index (κ1) is 6.75. The van der Waals surface area contributed by atoms with Gasteiger partial charge in [0.25, 0.3) is 0 Å². The van der Waals surface area contributed by atoms with Gasteiger partial charge in [-0.3, -0.25) is 0 Å². The van der Waals surface area contributed by atoms with E-state index in [0.29, 0.717) is 0 Å². The highest BCUT2D eigenvalue weighted by Gasteiger charge is 1.99. The zero-order valence-corrected chi connectivity index (χ0v) is 6.41. The SMILES string of the molecule is CNC1=CC=C(S)CC1. The van der Waals surface area contributed by atoms with Crippen molar-refractivity contribution in [1.82, 2.24) is 5.32 Å². The Labute approximate surface area is 61.2 Å². The van der Waals surface area contributed by atoms with Crippen LogP contribution in [-0.2, 0) is 0 Å². The highest BCUT2D eigenvalue weighted by molar-refractivity contribution is 7.84. The number of hydrogen-bond donors (Lipinski definition) is 2. The predicted molar refractivity (Wildman–Crippen MR) is 43.4 cm³/mol. The first-order valence-electron chi connectivity index (χ1n) is 3.09. The Bertz CT molecular complexity index is 158. The van der Waals surface area contributed by atoms with E-state index in [1.54, 1.807) is 0 Å². The topological polar surface area (TPSA) is 12.0 Å². The Balaban J connectivity index is 2.59. The molecule has 1 rings (SSSR count). The van der Waals surface area contributed by atoms with Crippen molar-refractivity contribution in [2.45, 2.75) is 12.8 Å². The molecule has 1 aliphatic rings. The minimum Gasteiger partial charge on any atom is -0.391 e. The standard InChI is InChI=1S/C7H11NS/c1-8-6-2-4-7(9)5-3-6/h2,4,8-9H,3,5H2,1H3. The summed E-state index contributed by atoms with van der Waals surface area (Å²) in [6.07, 6.45) is 6.30. The lowest BCUT2D eigenvalue weighted by Gasteiger charge is -2.09. The normalized spacial score (nSPS) is 18.4. The summed E-state index contributed by atoms with van der Waals surface area (Å²) in [6, 6.07) is 0. The molecule has 0 aliphatic heterocycles. The van der Waals surface area contributed by atoms with E-state index < -0.39 is 0 Å². The first-order chi connectivity index (χ1) is 4.33. The Morgan fingerprint density at radius 3 is 2.67 bits per heavy atom. The first-order valence-corrected chi connectivity index (χ1v) is 3.54. The van der Waals surface area contributed by atoms with Crippen molar-refractivity contribution in [2.75, 3.05) is 7.05 Å². The van der Waals surface area contributed by atoms with Gasteiger partial charge in [0.2, 0.25) is 0 Å². The van der Waals surface area contributed by atoms with Crippen molar-refractivity contribution < 1.29 is 0 Å². The van der Waals surface area contributed by atoms with Crippen LogP contribution in [0.1, 0.15) is 12.8 Å². The van der Waals surface area contributed by atoms with Crippen LogP contribution >= 0.6 is 12.6 Å². The second kappa shape index (κ2) is 2.97. The fraction of sp³-hybridized carbons (Fsp3) is 0.429. The lowest BCUT2D eigenvalue weighted by Crippen LogP contribution is -2.06. The van der Waals surface area contributed by atoms with E-state index in [2.05, 4.69) is 24.0 Å². The highest BCUT2D eigenvalue weighted by atomic mass is 32.1. The van der Waals surface area contributed by atoms with Crippen LogP contribution in [0.5, 0.6) is 0 Å². The second-order valence-electron chi connectivity index (χ2n) is 2.10. The molecule has 0 aromatic heterocycles. The molecule has 1 N–H and O–H groups in total. The Morgan fingerprint density at radius 1 is 1.44 bits per heavy atom. The maximum absolute atomic E-state index is 4.23. The fourth-order valence-electron chi connectivity index (χ4n) is 0.835. The van der Waals surface area contributed by atoms with E-state index in [9.17, 15) is 0 Å². The molecule has 0 unspecified atom stereocenters. The third-order valence-electron chi connectivity index (χ3n) is 1.45. The van der Waals surface area contributed by atoms with Crippen molar-refractivity contribution in [3.05, 3.63) is 22.8 Å². The molecular formula is C7H11NS. The van der Waals surface area contributed by atoms with Crippen molar-refractivity contribution >= 4 is 12.6 Å². The molecule has 1 nitrogen and oxygen atoms in total. The van der Waals surface area contributed by atoms with Crippen molar-refractivity contribution in [3.63, 3.8) is 0 Å². The Hall–Kier alpha value is -0.370. The summed E-state index contributed by atoms with van der Waals surface area (Å²) in [5, 5.41) is 3.11. The van der Waals surface area contributed by atoms with Crippen LogP contribution in [0.2, 0.25) is 0 Å². The van der Waals surface area contributed by atoms with Crippen molar-refractivity contribution in [2.24, 2.45) is 0 Å². The summed E-state index contributed by atoms with van der Waals surface area (Å²) in [4.78, 5) is 1.18. The van der Waals surface area contributed by atoms with Gasteiger partial charge >= 0.3 is 0 Å². The average molecular weight is 141 g/mol. The lowest BCUT2D eigenvalue weighted by atomic mass is 10.1. The van der Waals surface area contributed by atoms with Crippen LogP contribution in [0.25, 0.3) is 0 Å². The molecule has 50 valence electrons. The molecule has 0 saturated carbocycles. The van der Waals surface area contributed by atoms with Crippen molar-refractivity contribution in [1.29, 1.82) is 0 Å². The third kappa shape index (κ3) is 1.79. The molecule has 9 heavy (non-hydrogen) atoms. The molecule has 0 amide bonds. The van der Waals surface area contributed by atoms with Crippen LogP contribution < -0.4 is 5.32 Å². The van der Waals surface area contributed by atoms with Crippen LogP contribution in [-0.4, -0.2) is 7.05 Å². The van der Waals surface area contributed by atoms with Crippen LogP contribution in [0, 0.1) is 0 Å². The maximum Gasteiger partial charge on any atom is 0.0108 e. The molecule has 0 bridgehead atoms. The number of nitrogens with one attached hydrogen (secondary N) is 1. The molecule has 1 aliphatic carbocycles. The average Bonchev–Trinajstić information content (AvgIpc) is 1.90. The molecule has 0 aromatic rings. The molecule has 0 atom stereocenters. The van der Waals surface area contributed by atoms with Gasteiger partial charge < -0.3 is 5.32 Å². The van der Waals surface area contributed by atoms with Gasteiger partial charge in [-0.25, -0.2) is 0 Å². The predicted octanol–water partition coefficient (Wildman–Crippen LogP) is 1.70. The zero-order valence-electron chi connectivity index (χ0n) is 5.52. The second-order valence-corrected chi connectivity index (χ2v) is 2.67. The minimum atomic E-state index is 1.08. The van der Waals surface area contributed by atoms with Crippen LogP contribution in [0.4, 0.5) is 0 Å². The van der Waals surface area contributed by atoms with E-state index >= 15 is 0 Å². The molecular weight excluding hydrogens is 130 g/mol. The van der Waals surface area contributed by atoms with Crippen molar-refractivity contribution in [3.8, 4) is 0 Å². The molecule has 0 spiro atoms. The van der Waals surface area contributed by atoms with Gasteiger partial charge in [-0.1, -0.05) is 6.08 Å². The number of hydrogen-bond acceptors (Lipinski definition) is 2. The summed E-state index contributed by atoms with van der Waals surface area (Å²) in [6.45, 7) is 0. The van der Waals surface area contributed by atoms with Crippen LogP contribution in [0.15, 0.2) is 22.8 Å². The summed E-state index contributed by atoms with van der Waals surface area (Å²) in [5.74, 6) is 0. The zero-order chi connectivity index (χ0) is 6.69. The van der Waals surface area contributed by atoms with E-state index in [-0.39, 0.29) is 0 Å². The number of allylic oxidation sites excluding steroid dienone is 4. The molecule has 0 radical (unpaired) electrons. The van der Waals surface area contributed by atoms with Gasteiger partial charge in [0.15, 0.2) is 0 Å². The number of rotatable bonds is 1. The summed E-state index contributed by atoms with van der Waals surface area (Å²) >= 11 is 4.23. The summed E-state index contributed by atoms with van der Waals surface area (Å²) < 4.78 is 0. The Kier molecular flexibility index (Phi) is 2.22. The summed E-state index contributed by atoms with van der Waals surface area (Å²) in [5.41, 5.74) is 1.30. The highest BCUT2D eigenvalue weighted by Crippen LogP contribution is 2.17. The van der Waals surface area contributed by atoms with E-state index in [1.165, 1.54) is 10.6 Å². The van der Waals surface area contributed by atoms with Gasteiger partial charge in [0.1, 0.15) is 0 Å². The van der Waals surface area contributed by atoms with E-state index in [0.717, 1.165) is 12.8 Å². The quantitative estimate of drug-likeness (QED) is 0.530. The van der Waals surface area contributed by atoms with Gasteiger partial charge in [0, 0.05) is 12.7 Å². The molecule has 0 heterocycles. The van der Waals surface area contributed by atoms with Crippen LogP contribution in [0.3, 0.4) is 0 Å². The van der Waals surface area contributed by atoms with Gasteiger partial charge in [-0.05, 0) is 23.8 Å². The molecule has 0 fully saturated rings. The molecule has 2 heteroatoms. The minimum absolute atomic E-state index is 1.08. The van der Waals surface area contributed by atoms with E-state index in [1.807, 2.05) is 13.1 Å². The van der Waals surface area contributed by atoms with Gasteiger partial charge in [-0.2, -0.15) is 0 Å². The summed E-state index contributed by atoms with van der Waals surface area (Å²) in [7, 11) is 1.95. The molecule has 0 aromatic carbocycles. The third-order valence-corrected chi connectivity index (χ3v) is 1.82. The van der Waals surface area contributed by atoms with E-state index in [4.69, 9.17) is 0 Å². The maximum atomic E-state index is 4.23. The van der Waals surface area contributed by atoms with Gasteiger partial charge in [-0.15, -0.1) is 12.6 Å². The monoisotopic (exact) mass is 141 g/mol. The smallest absolute Gasteiger partial charge is 0.0108 e. The van der Waals surface area contributed by atoms with Gasteiger partial charge in [0.05, 0.1) is 0 Å². The Morgan fingerprint density at radius 2 is 2.22 bits per heavy atom. The largest absolute Gasteiger partial charge is 0.391 e. The molecule has 0 saturated heterocycles.